The van der Waals surface area contributed by atoms with Crippen molar-refractivity contribution in [2.24, 2.45) is 5.92 Å². The summed E-state index contributed by atoms with van der Waals surface area (Å²) in [6.07, 6.45) is 0. The van der Waals surface area contributed by atoms with Crippen LogP contribution in [-0.4, -0.2) is 19.8 Å². The second kappa shape index (κ2) is 6.11. The van der Waals surface area contributed by atoms with E-state index < -0.39 is 5.82 Å². The number of hydrogen-bond acceptors (Lipinski definition) is 4. The van der Waals surface area contributed by atoms with Gasteiger partial charge in [-0.15, -0.1) is 0 Å². The van der Waals surface area contributed by atoms with E-state index >= 15 is 0 Å². The number of hydrogen-bond donors (Lipinski definition) is 3. The van der Waals surface area contributed by atoms with E-state index in [9.17, 15) is 4.39 Å². The molecule has 0 radical (unpaired) electrons. The quantitative estimate of drug-likeness (QED) is 0.723. The minimum atomic E-state index is -0.629. The van der Waals surface area contributed by atoms with E-state index in [1.165, 1.54) is 6.07 Å². The maximum atomic E-state index is 14.0. The molecule has 0 spiro atoms. The van der Waals surface area contributed by atoms with Gasteiger partial charge in [-0.2, -0.15) is 0 Å². The highest BCUT2D eigenvalue weighted by Crippen LogP contribution is 2.34. The summed E-state index contributed by atoms with van der Waals surface area (Å²) >= 11 is 5.77. The fourth-order valence-corrected chi connectivity index (χ4v) is 1.73. The Kier molecular flexibility index (Phi) is 5.04. The van der Waals surface area contributed by atoms with Crippen molar-refractivity contribution in [1.29, 1.82) is 0 Å². The van der Waals surface area contributed by atoms with E-state index in [1.54, 1.807) is 7.11 Å². The van der Waals surface area contributed by atoms with Gasteiger partial charge in [-0.1, -0.05) is 25.4 Å². The number of nitrogen functional groups attached to an aromatic ring is 2. The third-order valence-electron chi connectivity index (χ3n) is 2.75. The molecule has 0 aliphatic carbocycles. The molecule has 0 aliphatic heterocycles. The maximum absolute atomic E-state index is 14.0. The van der Waals surface area contributed by atoms with Crippen LogP contribution in [0.2, 0.25) is 5.02 Å². The van der Waals surface area contributed by atoms with E-state index in [0.717, 1.165) is 0 Å². The van der Waals surface area contributed by atoms with Gasteiger partial charge in [-0.05, 0) is 12.0 Å². The van der Waals surface area contributed by atoms with Crippen molar-refractivity contribution in [2.45, 2.75) is 19.9 Å². The number of methoxy groups -OCH3 is 1. The van der Waals surface area contributed by atoms with Crippen LogP contribution in [0.15, 0.2) is 6.07 Å². The van der Waals surface area contributed by atoms with Gasteiger partial charge in [0.1, 0.15) is 5.02 Å². The lowest BCUT2D eigenvalue weighted by Gasteiger charge is -2.24. The van der Waals surface area contributed by atoms with Crippen LogP contribution in [0.3, 0.4) is 0 Å². The molecule has 4 nitrogen and oxygen atoms in total. The highest BCUT2D eigenvalue weighted by Gasteiger charge is 2.19. The number of benzene rings is 1. The van der Waals surface area contributed by atoms with Crippen molar-refractivity contribution in [2.75, 3.05) is 30.5 Å². The van der Waals surface area contributed by atoms with Gasteiger partial charge in [0.25, 0.3) is 0 Å². The highest BCUT2D eigenvalue weighted by molar-refractivity contribution is 6.33. The molecular weight excluding hydrogens is 257 g/mol. The molecule has 5 N–H and O–H groups in total. The molecule has 0 fully saturated rings. The Hall–Kier alpha value is -1.20. The summed E-state index contributed by atoms with van der Waals surface area (Å²) in [6, 6.07) is 1.38. The molecule has 18 heavy (non-hydrogen) atoms. The second-order valence-electron chi connectivity index (χ2n) is 4.51. The van der Waals surface area contributed by atoms with E-state index in [-0.39, 0.29) is 34.0 Å². The number of rotatable bonds is 5. The summed E-state index contributed by atoms with van der Waals surface area (Å²) < 4.78 is 19.1. The number of nitrogens with two attached hydrogens (primary N) is 2. The molecule has 0 saturated carbocycles. The molecular formula is C12H19ClFN3O. The third kappa shape index (κ3) is 3.17. The topological polar surface area (TPSA) is 73.3 Å². The van der Waals surface area contributed by atoms with Gasteiger partial charge in [-0.25, -0.2) is 4.39 Å². The van der Waals surface area contributed by atoms with Crippen molar-refractivity contribution < 1.29 is 9.13 Å². The van der Waals surface area contributed by atoms with Gasteiger partial charge in [0.05, 0.1) is 29.7 Å². The minimum Gasteiger partial charge on any atom is -0.397 e. The van der Waals surface area contributed by atoms with Gasteiger partial charge in [0.15, 0.2) is 5.82 Å². The van der Waals surface area contributed by atoms with Crippen LogP contribution in [0.1, 0.15) is 13.8 Å². The SMILES string of the molecule is COCC(Nc1c(N)cc(N)c(Cl)c1F)C(C)C. The first-order valence-corrected chi connectivity index (χ1v) is 6.04. The zero-order valence-corrected chi connectivity index (χ0v) is 11.5. The second-order valence-corrected chi connectivity index (χ2v) is 4.89. The molecule has 0 aliphatic rings. The van der Waals surface area contributed by atoms with Crippen molar-refractivity contribution >= 4 is 28.7 Å². The van der Waals surface area contributed by atoms with E-state index in [0.29, 0.717) is 6.61 Å². The molecule has 0 aromatic heterocycles. The lowest BCUT2D eigenvalue weighted by Crippen LogP contribution is -2.31. The Balaban J connectivity index is 3.06. The molecule has 1 aromatic carbocycles. The van der Waals surface area contributed by atoms with E-state index in [4.69, 9.17) is 27.8 Å². The first-order valence-electron chi connectivity index (χ1n) is 5.66. The Labute approximate surface area is 111 Å². The largest absolute Gasteiger partial charge is 0.397 e. The average Bonchev–Trinajstić information content (AvgIpc) is 2.30. The van der Waals surface area contributed by atoms with Crippen LogP contribution < -0.4 is 16.8 Å². The minimum absolute atomic E-state index is 0.0634. The van der Waals surface area contributed by atoms with Gasteiger partial charge >= 0.3 is 0 Å². The van der Waals surface area contributed by atoms with Crippen molar-refractivity contribution in [3.05, 3.63) is 16.9 Å². The van der Waals surface area contributed by atoms with Gasteiger partial charge < -0.3 is 21.5 Å². The summed E-state index contributed by atoms with van der Waals surface area (Å²) in [7, 11) is 1.59. The van der Waals surface area contributed by atoms with Crippen LogP contribution in [-0.2, 0) is 4.74 Å². The van der Waals surface area contributed by atoms with Crippen LogP contribution in [0.5, 0.6) is 0 Å². The molecule has 0 bridgehead atoms. The van der Waals surface area contributed by atoms with Crippen molar-refractivity contribution in [1.82, 2.24) is 0 Å². The van der Waals surface area contributed by atoms with Crippen LogP contribution >= 0.6 is 11.6 Å². The van der Waals surface area contributed by atoms with Crippen LogP contribution in [0.25, 0.3) is 0 Å². The van der Waals surface area contributed by atoms with E-state index in [1.807, 2.05) is 13.8 Å². The summed E-state index contributed by atoms with van der Waals surface area (Å²) in [5.74, 6) is -0.379. The maximum Gasteiger partial charge on any atom is 0.169 e. The smallest absolute Gasteiger partial charge is 0.169 e. The Bertz CT molecular complexity index is 426. The molecule has 1 atom stereocenters. The summed E-state index contributed by atoms with van der Waals surface area (Å²) in [6.45, 7) is 4.45. The Morgan fingerprint density at radius 1 is 1.39 bits per heavy atom. The predicted molar refractivity (Wildman–Crippen MR) is 74.4 cm³/mol. The Morgan fingerprint density at radius 2 is 2.00 bits per heavy atom. The summed E-state index contributed by atoms with van der Waals surface area (Å²) in [5.41, 5.74) is 11.8. The normalized spacial score (nSPS) is 12.8. The number of halogens is 2. The van der Waals surface area contributed by atoms with Crippen molar-refractivity contribution in [3.8, 4) is 0 Å². The molecule has 0 amide bonds. The van der Waals surface area contributed by atoms with Crippen LogP contribution in [0.4, 0.5) is 21.5 Å². The number of nitrogens with one attached hydrogen (secondary N) is 1. The fourth-order valence-electron chi connectivity index (χ4n) is 1.58. The standard InChI is InChI=1S/C12H19ClFN3O/c1-6(2)9(5-18-3)17-12-8(16)4-7(15)10(13)11(12)14/h4,6,9,17H,5,15-16H2,1-3H3. The molecule has 0 saturated heterocycles. The molecule has 1 rings (SSSR count). The molecule has 102 valence electrons. The van der Waals surface area contributed by atoms with E-state index in [2.05, 4.69) is 5.32 Å². The molecule has 1 aromatic rings. The monoisotopic (exact) mass is 275 g/mol. The van der Waals surface area contributed by atoms with Crippen LogP contribution in [0, 0.1) is 11.7 Å². The first-order chi connectivity index (χ1) is 8.38. The first kappa shape index (κ1) is 14.9. The third-order valence-corrected chi connectivity index (χ3v) is 3.13. The highest BCUT2D eigenvalue weighted by atomic mass is 35.5. The average molecular weight is 276 g/mol. The molecule has 0 heterocycles. The number of ether oxygens (including phenoxy) is 1. The summed E-state index contributed by atoms with van der Waals surface area (Å²) in [5, 5.41) is 2.90. The Morgan fingerprint density at radius 3 is 2.50 bits per heavy atom. The molecule has 6 heteroatoms. The lowest BCUT2D eigenvalue weighted by molar-refractivity contribution is 0.171. The predicted octanol–water partition coefficient (Wildman–Crippen LogP) is 2.73. The lowest BCUT2D eigenvalue weighted by atomic mass is 10.0. The molecule has 1 unspecified atom stereocenters. The van der Waals surface area contributed by atoms with Crippen molar-refractivity contribution in [3.63, 3.8) is 0 Å². The zero-order valence-electron chi connectivity index (χ0n) is 10.8. The zero-order chi connectivity index (χ0) is 13.9. The van der Waals surface area contributed by atoms with Gasteiger partial charge in [0, 0.05) is 7.11 Å². The van der Waals surface area contributed by atoms with Gasteiger partial charge in [-0.3, -0.25) is 0 Å². The summed E-state index contributed by atoms with van der Waals surface area (Å²) in [4.78, 5) is 0. The van der Waals surface area contributed by atoms with Gasteiger partial charge in [0.2, 0.25) is 0 Å². The number of anilines is 3. The fraction of sp³-hybridized carbons (Fsp3) is 0.500.